The number of nitrogens with zero attached hydrogens (tertiary/aromatic N) is 3. The Kier molecular flexibility index (Phi) is 5.35. The molecule has 4 nitrogen and oxygen atoms in total. The molecule has 0 radical (unpaired) electrons. The van der Waals surface area contributed by atoms with Crippen molar-refractivity contribution in [3.8, 4) is 0 Å². The van der Waals surface area contributed by atoms with E-state index in [9.17, 15) is 8.78 Å². The Labute approximate surface area is 157 Å². The van der Waals surface area contributed by atoms with Gasteiger partial charge in [-0.2, -0.15) is 0 Å². The Balaban J connectivity index is 1.79. The van der Waals surface area contributed by atoms with Crippen LogP contribution in [0.5, 0.6) is 0 Å². The van der Waals surface area contributed by atoms with Crippen molar-refractivity contribution in [3.05, 3.63) is 89.0 Å². The number of rotatable bonds is 5. The molecule has 1 aliphatic rings. The highest BCUT2D eigenvalue weighted by Gasteiger charge is 2.20. The molecule has 0 saturated carbocycles. The van der Waals surface area contributed by atoms with Gasteiger partial charge in [-0.3, -0.25) is 9.97 Å². The van der Waals surface area contributed by atoms with Gasteiger partial charge in [-0.05, 0) is 38.0 Å². The van der Waals surface area contributed by atoms with E-state index >= 15 is 0 Å². The Morgan fingerprint density at radius 3 is 2.56 bits per heavy atom. The molecule has 1 aliphatic heterocycles. The molecule has 0 saturated heterocycles. The Morgan fingerprint density at radius 2 is 1.89 bits per heavy atom. The number of aryl methyl sites for hydroxylation is 2. The van der Waals surface area contributed by atoms with E-state index in [4.69, 9.17) is 4.74 Å². The first kappa shape index (κ1) is 18.8. The monoisotopic (exact) mass is 369 g/mol. The van der Waals surface area contributed by atoms with Crippen molar-refractivity contribution in [2.75, 3.05) is 4.90 Å². The van der Waals surface area contributed by atoms with Crippen molar-refractivity contribution in [3.63, 3.8) is 0 Å². The standard InChI is InChI=1S/C21H21F2N3O/c1-5-17-9-21(13(2)10-24-17)26-14(3)6-18(7-15(26)4)27-12-20-19(23)8-16(22)11-25-20/h6-11H,3,5,12H2,1-2,4H3. The fourth-order valence-electron chi connectivity index (χ4n) is 2.89. The first-order chi connectivity index (χ1) is 12.9. The third-order valence-corrected chi connectivity index (χ3v) is 4.29. The summed E-state index contributed by atoms with van der Waals surface area (Å²) >= 11 is 0. The third-order valence-electron chi connectivity index (χ3n) is 4.29. The zero-order valence-electron chi connectivity index (χ0n) is 15.6. The molecule has 3 heterocycles. The largest absolute Gasteiger partial charge is 0.487 e. The van der Waals surface area contributed by atoms with Crippen molar-refractivity contribution in [2.45, 2.75) is 33.8 Å². The molecular weight excluding hydrogens is 348 g/mol. The molecule has 3 rings (SSSR count). The molecule has 2 aromatic heterocycles. The molecule has 0 bridgehead atoms. The van der Waals surface area contributed by atoms with Crippen molar-refractivity contribution in [1.29, 1.82) is 0 Å². The molecule has 0 fully saturated rings. The highest BCUT2D eigenvalue weighted by Crippen LogP contribution is 2.32. The van der Waals surface area contributed by atoms with Crippen LogP contribution in [0.2, 0.25) is 0 Å². The summed E-state index contributed by atoms with van der Waals surface area (Å²) in [6, 6.07) is 2.84. The summed E-state index contributed by atoms with van der Waals surface area (Å²) in [7, 11) is 0. The second kappa shape index (κ2) is 7.70. The summed E-state index contributed by atoms with van der Waals surface area (Å²) in [6.45, 7) is 10.0. The highest BCUT2D eigenvalue weighted by atomic mass is 19.1. The minimum absolute atomic E-state index is 0.0500. The van der Waals surface area contributed by atoms with Crippen LogP contribution < -0.4 is 4.90 Å². The third kappa shape index (κ3) is 4.05. The van der Waals surface area contributed by atoms with Crippen LogP contribution in [0.15, 0.2) is 60.4 Å². The summed E-state index contributed by atoms with van der Waals surface area (Å²) in [5, 5.41) is 0. The normalized spacial score (nSPS) is 14.1. The maximum atomic E-state index is 13.7. The summed E-state index contributed by atoms with van der Waals surface area (Å²) < 4.78 is 32.3. The molecule has 0 spiro atoms. The summed E-state index contributed by atoms with van der Waals surface area (Å²) in [5.41, 5.74) is 4.75. The zero-order chi connectivity index (χ0) is 19.6. The molecule has 6 heteroatoms. The molecule has 0 aliphatic carbocycles. The molecule has 0 amide bonds. The average Bonchev–Trinajstić information content (AvgIpc) is 2.62. The quantitative estimate of drug-likeness (QED) is 0.746. The van der Waals surface area contributed by atoms with Gasteiger partial charge in [0.25, 0.3) is 0 Å². The second-order valence-corrected chi connectivity index (χ2v) is 6.35. The minimum atomic E-state index is -0.730. The van der Waals surface area contributed by atoms with Crippen molar-refractivity contribution in [1.82, 2.24) is 9.97 Å². The Hall–Kier alpha value is -3.02. The van der Waals surface area contributed by atoms with Crippen LogP contribution in [0.1, 0.15) is 30.8 Å². The van der Waals surface area contributed by atoms with E-state index in [0.29, 0.717) is 5.76 Å². The van der Waals surface area contributed by atoms with Gasteiger partial charge in [-0.1, -0.05) is 13.5 Å². The van der Waals surface area contributed by atoms with Crippen LogP contribution in [-0.2, 0) is 17.8 Å². The number of allylic oxidation sites excluding steroid dienone is 3. The van der Waals surface area contributed by atoms with Gasteiger partial charge < -0.3 is 9.64 Å². The maximum Gasteiger partial charge on any atom is 0.151 e. The van der Waals surface area contributed by atoms with Gasteiger partial charge in [0.05, 0.1) is 11.9 Å². The van der Waals surface area contributed by atoms with E-state index in [0.717, 1.165) is 47.0 Å². The van der Waals surface area contributed by atoms with Crippen molar-refractivity contribution < 1.29 is 13.5 Å². The second-order valence-electron chi connectivity index (χ2n) is 6.35. The van der Waals surface area contributed by atoms with Crippen molar-refractivity contribution in [2.24, 2.45) is 0 Å². The summed E-state index contributed by atoms with van der Waals surface area (Å²) in [4.78, 5) is 10.2. The van der Waals surface area contributed by atoms with Crippen LogP contribution in [0.3, 0.4) is 0 Å². The number of aromatic nitrogens is 2. The van der Waals surface area contributed by atoms with E-state index in [1.807, 2.05) is 31.0 Å². The van der Waals surface area contributed by atoms with Gasteiger partial charge in [-0.25, -0.2) is 8.78 Å². The molecule has 0 aromatic carbocycles. The lowest BCUT2D eigenvalue weighted by atomic mass is 10.1. The predicted octanol–water partition coefficient (Wildman–Crippen LogP) is 4.96. The van der Waals surface area contributed by atoms with Crippen LogP contribution in [0.25, 0.3) is 0 Å². The molecular formula is C21H21F2N3O. The zero-order valence-corrected chi connectivity index (χ0v) is 15.6. The molecule has 0 N–H and O–H groups in total. The van der Waals surface area contributed by atoms with Crippen LogP contribution in [0, 0.1) is 18.6 Å². The number of halogens is 2. The van der Waals surface area contributed by atoms with Crippen LogP contribution in [0.4, 0.5) is 14.5 Å². The summed E-state index contributed by atoms with van der Waals surface area (Å²) in [5.74, 6) is -0.902. The van der Waals surface area contributed by atoms with Crippen molar-refractivity contribution >= 4 is 5.69 Å². The predicted molar refractivity (Wildman–Crippen MR) is 101 cm³/mol. The van der Waals surface area contributed by atoms with Crippen LogP contribution in [-0.4, -0.2) is 9.97 Å². The Bertz CT molecular complexity index is 950. The lowest BCUT2D eigenvalue weighted by Crippen LogP contribution is -2.23. The lowest BCUT2D eigenvalue weighted by Gasteiger charge is -2.31. The average molecular weight is 369 g/mol. The van der Waals surface area contributed by atoms with Gasteiger partial charge >= 0.3 is 0 Å². The van der Waals surface area contributed by atoms with Gasteiger partial charge in [0.1, 0.15) is 23.9 Å². The van der Waals surface area contributed by atoms with Gasteiger partial charge in [0, 0.05) is 35.4 Å². The van der Waals surface area contributed by atoms with Gasteiger partial charge in [0.15, 0.2) is 5.82 Å². The smallest absolute Gasteiger partial charge is 0.151 e. The topological polar surface area (TPSA) is 38.2 Å². The van der Waals surface area contributed by atoms with E-state index in [-0.39, 0.29) is 12.3 Å². The number of ether oxygens (including phenoxy) is 1. The first-order valence-electron chi connectivity index (χ1n) is 8.66. The van der Waals surface area contributed by atoms with E-state index in [1.54, 1.807) is 6.08 Å². The van der Waals surface area contributed by atoms with E-state index in [1.165, 1.54) is 0 Å². The number of pyridine rings is 2. The lowest BCUT2D eigenvalue weighted by molar-refractivity contribution is 0.201. The number of anilines is 1. The number of hydrogen-bond acceptors (Lipinski definition) is 4. The molecule has 2 aromatic rings. The highest BCUT2D eigenvalue weighted by molar-refractivity contribution is 5.66. The minimum Gasteiger partial charge on any atom is -0.487 e. The maximum absolute atomic E-state index is 13.7. The van der Waals surface area contributed by atoms with Crippen LogP contribution >= 0.6 is 0 Å². The fourth-order valence-corrected chi connectivity index (χ4v) is 2.89. The number of hydrogen-bond donors (Lipinski definition) is 0. The van der Waals surface area contributed by atoms with Gasteiger partial charge in [-0.15, -0.1) is 0 Å². The van der Waals surface area contributed by atoms with E-state index in [2.05, 4.69) is 29.5 Å². The molecule has 140 valence electrons. The molecule has 27 heavy (non-hydrogen) atoms. The summed E-state index contributed by atoms with van der Waals surface area (Å²) in [6.07, 6.45) is 7.29. The molecule has 0 atom stereocenters. The fraction of sp³-hybridized carbons (Fsp3) is 0.238. The SMILES string of the molecule is C=C1C=C(OCc2ncc(F)cc2F)C=C(C)N1c1cc(CC)ncc1C. The van der Waals surface area contributed by atoms with E-state index < -0.39 is 11.6 Å². The molecule has 0 unspecified atom stereocenters. The van der Waals surface area contributed by atoms with Gasteiger partial charge in [0.2, 0.25) is 0 Å². The first-order valence-corrected chi connectivity index (χ1v) is 8.66. The Morgan fingerprint density at radius 1 is 1.11 bits per heavy atom.